The molecule has 1 aromatic carbocycles. The van der Waals surface area contributed by atoms with Crippen LogP contribution in [-0.2, 0) is 19.1 Å². The van der Waals surface area contributed by atoms with Gasteiger partial charge in [-0.15, -0.1) is 0 Å². The lowest BCUT2D eigenvalue weighted by Crippen LogP contribution is -2.13. The number of hydrogen-bond acceptors (Lipinski definition) is 4. The van der Waals surface area contributed by atoms with Crippen molar-refractivity contribution >= 4 is 32.0 Å². The van der Waals surface area contributed by atoms with Gasteiger partial charge in [0.25, 0.3) is 0 Å². The van der Waals surface area contributed by atoms with Gasteiger partial charge in [-0.3, -0.25) is 4.79 Å². The zero-order chi connectivity index (χ0) is 22.1. The summed E-state index contributed by atoms with van der Waals surface area (Å²) in [4.78, 5) is 11.8. The molecule has 0 aliphatic rings. The number of halogens is 1. The minimum absolute atomic E-state index is 0.00413. The van der Waals surface area contributed by atoms with Gasteiger partial charge in [-0.05, 0) is 30.7 Å². The third-order valence-electron chi connectivity index (χ3n) is 5.29. The SMILES string of the molecule is CCCCCCCCCCCCCCCCCC(=O)OS(=O)(=O)c1ccc(Br)cc1. The number of unbranched alkanes of at least 4 members (excludes halogenated alkanes) is 14. The molecule has 0 heterocycles. The Balaban J connectivity index is 1.95. The highest BCUT2D eigenvalue weighted by molar-refractivity contribution is 9.10. The molecule has 6 heteroatoms. The first-order valence-electron chi connectivity index (χ1n) is 11.7. The van der Waals surface area contributed by atoms with Crippen LogP contribution in [0.3, 0.4) is 0 Å². The van der Waals surface area contributed by atoms with Crippen molar-refractivity contribution in [2.75, 3.05) is 0 Å². The molecule has 30 heavy (non-hydrogen) atoms. The van der Waals surface area contributed by atoms with Crippen LogP contribution in [-0.4, -0.2) is 14.4 Å². The monoisotopic (exact) mass is 502 g/mol. The maximum Gasteiger partial charge on any atom is 0.341 e. The standard InChI is InChI=1S/C24H39BrO4S/c1-2-3-4-5-6-7-8-9-10-11-12-13-14-15-16-17-24(26)29-30(27,28)23-20-18-22(25)19-21-23/h18-21H,2-17H2,1H3. The molecule has 0 spiro atoms. The molecule has 172 valence electrons. The molecule has 0 radical (unpaired) electrons. The second-order valence-electron chi connectivity index (χ2n) is 8.06. The minimum atomic E-state index is -4.02. The van der Waals surface area contributed by atoms with Crippen molar-refractivity contribution in [3.05, 3.63) is 28.7 Å². The lowest BCUT2D eigenvalue weighted by atomic mass is 10.0. The van der Waals surface area contributed by atoms with Gasteiger partial charge in [-0.1, -0.05) is 113 Å². The van der Waals surface area contributed by atoms with Gasteiger partial charge < -0.3 is 4.18 Å². The lowest BCUT2D eigenvalue weighted by molar-refractivity contribution is -0.133. The fraction of sp³-hybridized carbons (Fsp3) is 0.708. The molecule has 0 bridgehead atoms. The van der Waals surface area contributed by atoms with Gasteiger partial charge in [0.2, 0.25) is 0 Å². The molecule has 0 saturated heterocycles. The largest absolute Gasteiger partial charge is 0.342 e. The number of carbonyl (C=O) groups excluding carboxylic acids is 1. The van der Waals surface area contributed by atoms with E-state index in [-0.39, 0.29) is 11.3 Å². The Morgan fingerprint density at radius 3 is 1.57 bits per heavy atom. The average molecular weight is 504 g/mol. The van der Waals surface area contributed by atoms with E-state index in [1.807, 2.05) is 0 Å². The van der Waals surface area contributed by atoms with Crippen molar-refractivity contribution in [1.29, 1.82) is 0 Å². The summed E-state index contributed by atoms with van der Waals surface area (Å²) in [5, 5.41) is 0. The van der Waals surface area contributed by atoms with Crippen LogP contribution in [0.2, 0.25) is 0 Å². The van der Waals surface area contributed by atoms with Gasteiger partial charge in [0, 0.05) is 10.9 Å². The van der Waals surface area contributed by atoms with Crippen LogP contribution >= 0.6 is 15.9 Å². The van der Waals surface area contributed by atoms with Gasteiger partial charge in [0.15, 0.2) is 0 Å². The molecule has 0 aromatic heterocycles. The summed E-state index contributed by atoms with van der Waals surface area (Å²) < 4.78 is 29.6. The molecule has 0 aliphatic carbocycles. The smallest absolute Gasteiger partial charge is 0.341 e. The van der Waals surface area contributed by atoms with E-state index in [1.165, 1.54) is 89.2 Å². The van der Waals surface area contributed by atoms with Gasteiger partial charge >= 0.3 is 16.1 Å². The van der Waals surface area contributed by atoms with Crippen molar-refractivity contribution in [2.24, 2.45) is 0 Å². The average Bonchev–Trinajstić information content (AvgIpc) is 2.71. The van der Waals surface area contributed by atoms with E-state index < -0.39 is 16.1 Å². The molecule has 0 amide bonds. The van der Waals surface area contributed by atoms with Gasteiger partial charge in [0.1, 0.15) is 4.90 Å². The number of benzene rings is 1. The second kappa shape index (κ2) is 16.8. The number of carbonyl (C=O) groups is 1. The topological polar surface area (TPSA) is 60.4 Å². The number of rotatable bonds is 18. The fourth-order valence-electron chi connectivity index (χ4n) is 3.45. The number of hydrogen-bond donors (Lipinski definition) is 0. The Kier molecular flexibility index (Phi) is 15.2. The van der Waals surface area contributed by atoms with E-state index in [4.69, 9.17) is 4.18 Å². The van der Waals surface area contributed by atoms with Crippen LogP contribution in [0, 0.1) is 0 Å². The van der Waals surface area contributed by atoms with E-state index in [9.17, 15) is 13.2 Å². The lowest BCUT2D eigenvalue weighted by Gasteiger charge is -2.06. The summed E-state index contributed by atoms with van der Waals surface area (Å²) >= 11 is 3.25. The zero-order valence-corrected chi connectivity index (χ0v) is 20.9. The normalized spacial score (nSPS) is 11.5. The van der Waals surface area contributed by atoms with Crippen LogP contribution in [0.4, 0.5) is 0 Å². The third-order valence-corrected chi connectivity index (χ3v) is 7.07. The minimum Gasteiger partial charge on any atom is -0.342 e. The molecule has 0 aliphatic heterocycles. The molecule has 0 N–H and O–H groups in total. The quantitative estimate of drug-likeness (QED) is 0.151. The highest BCUT2D eigenvalue weighted by Gasteiger charge is 2.19. The first-order valence-corrected chi connectivity index (χ1v) is 13.9. The van der Waals surface area contributed by atoms with Gasteiger partial charge in [-0.25, -0.2) is 0 Å². The molecule has 0 saturated carbocycles. The maximum absolute atomic E-state index is 12.1. The Bertz CT molecular complexity index is 671. The van der Waals surface area contributed by atoms with Crippen LogP contribution in [0.25, 0.3) is 0 Å². The third kappa shape index (κ3) is 13.4. The van der Waals surface area contributed by atoms with Crippen molar-refractivity contribution < 1.29 is 17.4 Å². The molecular weight excluding hydrogens is 464 g/mol. The Morgan fingerprint density at radius 1 is 0.733 bits per heavy atom. The van der Waals surface area contributed by atoms with E-state index >= 15 is 0 Å². The summed E-state index contributed by atoms with van der Waals surface area (Å²) in [6.45, 7) is 2.26. The summed E-state index contributed by atoms with van der Waals surface area (Å²) in [5.74, 6) is -0.674. The second-order valence-corrected chi connectivity index (χ2v) is 10.5. The zero-order valence-electron chi connectivity index (χ0n) is 18.5. The van der Waals surface area contributed by atoms with Crippen molar-refractivity contribution in [3.63, 3.8) is 0 Å². The molecule has 1 rings (SSSR count). The van der Waals surface area contributed by atoms with Crippen LogP contribution in [0.5, 0.6) is 0 Å². The molecule has 0 unspecified atom stereocenters. The highest BCUT2D eigenvalue weighted by Crippen LogP contribution is 2.18. The van der Waals surface area contributed by atoms with E-state index in [0.717, 1.165) is 17.3 Å². The van der Waals surface area contributed by atoms with E-state index in [0.29, 0.717) is 6.42 Å². The summed E-state index contributed by atoms with van der Waals surface area (Å²) in [7, 11) is -4.02. The first-order chi connectivity index (χ1) is 14.5. The Hall–Kier alpha value is -0.880. The van der Waals surface area contributed by atoms with Crippen LogP contribution in [0.1, 0.15) is 110 Å². The fourth-order valence-corrected chi connectivity index (χ4v) is 4.61. The van der Waals surface area contributed by atoms with Gasteiger partial charge in [-0.2, -0.15) is 8.42 Å². The maximum atomic E-state index is 12.1. The van der Waals surface area contributed by atoms with Crippen molar-refractivity contribution in [3.8, 4) is 0 Å². The molecular formula is C24H39BrO4S. The van der Waals surface area contributed by atoms with Crippen molar-refractivity contribution in [2.45, 2.75) is 115 Å². The summed E-state index contributed by atoms with van der Waals surface area (Å²) in [6, 6.07) is 6.05. The molecule has 0 fully saturated rings. The van der Waals surface area contributed by atoms with Crippen molar-refractivity contribution in [1.82, 2.24) is 0 Å². The first kappa shape index (κ1) is 27.2. The Labute approximate surface area is 192 Å². The van der Waals surface area contributed by atoms with E-state index in [1.54, 1.807) is 12.1 Å². The van der Waals surface area contributed by atoms with E-state index in [2.05, 4.69) is 22.9 Å². The van der Waals surface area contributed by atoms with Crippen LogP contribution in [0.15, 0.2) is 33.6 Å². The highest BCUT2D eigenvalue weighted by atomic mass is 79.9. The molecule has 4 nitrogen and oxygen atoms in total. The van der Waals surface area contributed by atoms with Gasteiger partial charge in [0.05, 0.1) is 0 Å². The summed E-state index contributed by atoms with van der Waals surface area (Å²) in [6.07, 6.45) is 18.9. The molecule has 0 atom stereocenters. The molecule has 1 aromatic rings. The Morgan fingerprint density at radius 2 is 1.13 bits per heavy atom. The summed E-state index contributed by atoms with van der Waals surface area (Å²) in [5.41, 5.74) is 0. The van der Waals surface area contributed by atoms with Crippen LogP contribution < -0.4 is 0 Å². The predicted molar refractivity (Wildman–Crippen MR) is 127 cm³/mol. The predicted octanol–water partition coefficient (Wildman–Crippen LogP) is 7.94.